The smallest absolute Gasteiger partial charge is 0.318 e. The van der Waals surface area contributed by atoms with E-state index in [1.807, 2.05) is 0 Å². The number of rotatable bonds is 10. The number of piperidine rings is 1. The Labute approximate surface area is 303 Å². The highest BCUT2D eigenvalue weighted by Gasteiger charge is 2.59. The Morgan fingerprint density at radius 3 is 2.38 bits per heavy atom. The Hall–Kier alpha value is -4.91. The van der Waals surface area contributed by atoms with E-state index in [2.05, 4.69) is 26.2 Å². The number of carbonyl (C=O) groups is 2. The molecule has 5 heterocycles. The van der Waals surface area contributed by atoms with Crippen molar-refractivity contribution in [3.05, 3.63) is 71.4 Å². The largest absolute Gasteiger partial charge is 0.497 e. The summed E-state index contributed by atoms with van der Waals surface area (Å²) in [5.41, 5.74) is -1.78. The summed E-state index contributed by atoms with van der Waals surface area (Å²) in [5.74, 6) is -0.643. The van der Waals surface area contributed by atoms with E-state index in [0.717, 1.165) is 25.9 Å². The van der Waals surface area contributed by atoms with Crippen molar-refractivity contribution in [3.63, 3.8) is 0 Å². The summed E-state index contributed by atoms with van der Waals surface area (Å²) < 4.78 is 46.5. The van der Waals surface area contributed by atoms with Gasteiger partial charge >= 0.3 is 6.03 Å². The lowest BCUT2D eigenvalue weighted by Gasteiger charge is -2.49. The van der Waals surface area contributed by atoms with Crippen LogP contribution in [0.3, 0.4) is 0 Å². The van der Waals surface area contributed by atoms with Gasteiger partial charge in [-0.1, -0.05) is 0 Å². The van der Waals surface area contributed by atoms with Gasteiger partial charge in [0.2, 0.25) is 5.88 Å². The number of urea groups is 1. The lowest BCUT2D eigenvalue weighted by atomic mass is 9.83. The first-order chi connectivity index (χ1) is 25.2. The summed E-state index contributed by atoms with van der Waals surface area (Å²) >= 11 is 0. The molecule has 3 amide bonds. The van der Waals surface area contributed by atoms with Gasteiger partial charge in [0.1, 0.15) is 16.4 Å². The van der Waals surface area contributed by atoms with Crippen LogP contribution in [-0.2, 0) is 20.4 Å². The minimum atomic E-state index is -4.69. The van der Waals surface area contributed by atoms with Gasteiger partial charge in [-0.3, -0.25) is 9.69 Å². The zero-order chi connectivity index (χ0) is 36.6. The van der Waals surface area contributed by atoms with E-state index in [1.54, 1.807) is 24.0 Å². The molecule has 2 aromatic carbocycles. The first-order valence-corrected chi connectivity index (χ1v) is 19.1. The molecule has 15 heteroatoms. The molecule has 0 radical (unpaired) electrons. The predicted molar refractivity (Wildman–Crippen MR) is 191 cm³/mol. The van der Waals surface area contributed by atoms with Crippen molar-refractivity contribution in [3.8, 4) is 23.4 Å². The Morgan fingerprint density at radius 1 is 0.981 bits per heavy atom. The van der Waals surface area contributed by atoms with Gasteiger partial charge in [0, 0.05) is 56.1 Å². The van der Waals surface area contributed by atoms with Crippen molar-refractivity contribution < 1.29 is 32.2 Å². The van der Waals surface area contributed by atoms with Gasteiger partial charge in [-0.05, 0) is 88.2 Å². The highest BCUT2D eigenvalue weighted by Crippen LogP contribution is 2.50. The highest BCUT2D eigenvalue weighted by molar-refractivity contribution is 7.93. The average Bonchev–Trinajstić information content (AvgIpc) is 3.77. The minimum Gasteiger partial charge on any atom is -0.497 e. The molecule has 0 unspecified atom stereocenters. The third-order valence-corrected chi connectivity index (χ3v) is 12.5. The number of methoxy groups -OCH3 is 2. The summed E-state index contributed by atoms with van der Waals surface area (Å²) in [6.45, 7) is 7.11. The quantitative estimate of drug-likeness (QED) is 0.327. The number of hydrogen-bond acceptors (Lipinski definition) is 11. The average molecular weight is 730 g/mol. The first-order valence-electron chi connectivity index (χ1n) is 17.7. The van der Waals surface area contributed by atoms with Crippen LogP contribution in [0.25, 0.3) is 0 Å². The van der Waals surface area contributed by atoms with E-state index in [9.17, 15) is 18.5 Å². The number of pyridine rings is 1. The summed E-state index contributed by atoms with van der Waals surface area (Å²) in [6, 6.07) is 13.9. The van der Waals surface area contributed by atoms with Crippen molar-refractivity contribution in [1.82, 2.24) is 25.0 Å². The van der Waals surface area contributed by atoms with Crippen molar-refractivity contribution in [2.75, 3.05) is 64.4 Å². The van der Waals surface area contributed by atoms with E-state index < -0.39 is 27.5 Å². The molecule has 0 aliphatic carbocycles. The number of nitrogens with zero attached hydrogens (tertiary/aromatic N) is 6. The number of nitriles is 1. The van der Waals surface area contributed by atoms with Crippen LogP contribution in [0.1, 0.15) is 49.3 Å². The van der Waals surface area contributed by atoms with E-state index in [4.69, 9.17) is 14.2 Å². The van der Waals surface area contributed by atoms with Gasteiger partial charge in [0.25, 0.3) is 15.9 Å². The molecular weight excluding hydrogens is 687 g/mol. The number of nitrogens with one attached hydrogen (secondary N) is 1. The van der Waals surface area contributed by atoms with Crippen LogP contribution in [0.2, 0.25) is 0 Å². The second-order valence-electron chi connectivity index (χ2n) is 13.5. The van der Waals surface area contributed by atoms with Crippen LogP contribution in [-0.4, -0.2) is 112 Å². The lowest BCUT2D eigenvalue weighted by Crippen LogP contribution is -2.67. The molecule has 4 aliphatic rings. The summed E-state index contributed by atoms with van der Waals surface area (Å²) in [5, 5.41) is 12.9. The summed E-state index contributed by atoms with van der Waals surface area (Å²) in [6.07, 6.45) is 6.22. The van der Waals surface area contributed by atoms with Gasteiger partial charge in [-0.15, -0.1) is 0 Å². The van der Waals surface area contributed by atoms with E-state index in [1.165, 1.54) is 82.7 Å². The van der Waals surface area contributed by atoms with Crippen molar-refractivity contribution in [2.45, 2.75) is 55.1 Å². The molecule has 274 valence electrons. The van der Waals surface area contributed by atoms with Crippen molar-refractivity contribution in [1.29, 1.82) is 5.26 Å². The number of likely N-dealkylation sites (tertiary alicyclic amines) is 3. The molecule has 0 saturated carbocycles. The molecule has 7 rings (SSSR count). The molecule has 4 aliphatic heterocycles. The van der Waals surface area contributed by atoms with Crippen LogP contribution in [0, 0.1) is 11.3 Å². The van der Waals surface area contributed by atoms with Gasteiger partial charge in [-0.25, -0.2) is 18.2 Å². The number of ether oxygens (including phenoxy) is 3. The van der Waals surface area contributed by atoms with Crippen LogP contribution in [0.15, 0.2) is 59.6 Å². The fourth-order valence-corrected chi connectivity index (χ4v) is 9.58. The third-order valence-electron chi connectivity index (χ3n) is 10.7. The van der Waals surface area contributed by atoms with E-state index >= 15 is 4.79 Å². The summed E-state index contributed by atoms with van der Waals surface area (Å²) in [7, 11) is -1.93. The molecule has 1 atom stereocenters. The van der Waals surface area contributed by atoms with E-state index in [-0.39, 0.29) is 51.6 Å². The maximum Gasteiger partial charge on any atom is 0.318 e. The van der Waals surface area contributed by atoms with Crippen LogP contribution < -0.4 is 23.8 Å². The zero-order valence-corrected chi connectivity index (χ0v) is 30.4. The number of sulfonamides is 1. The molecule has 0 bridgehead atoms. The number of fused-ring (bicyclic) bond motifs is 1. The number of hydrogen-bond donors (Lipinski definition) is 1. The van der Waals surface area contributed by atoms with Gasteiger partial charge in [0.05, 0.1) is 43.7 Å². The van der Waals surface area contributed by atoms with E-state index in [0.29, 0.717) is 29.2 Å². The molecule has 14 nitrogen and oxygen atoms in total. The van der Waals surface area contributed by atoms with Gasteiger partial charge in [0.15, 0.2) is 5.54 Å². The molecule has 52 heavy (non-hydrogen) atoms. The molecule has 1 N–H and O–H groups in total. The molecule has 3 saturated heterocycles. The standard InChI is InChI=1S/C37H43N7O7S/c1-4-51-34-29(8-7-15-39-34)37(40-36(46)43-23-27(24-43)42-18-13-26(14-19-42)41-16-5-6-17-41)30-20-25(22-38)9-11-31(30)44(35(37)45)52(47,48)33-12-10-28(49-2)21-32(33)50-3/h7-12,15,20-21,26-27H,4-6,13-14,16-19,23-24H2,1-3H3,(H,40,46)/t37-/m1/s1. The van der Waals surface area contributed by atoms with Crippen LogP contribution in [0.4, 0.5) is 10.5 Å². The number of amides is 3. The Morgan fingerprint density at radius 2 is 1.71 bits per heavy atom. The first kappa shape index (κ1) is 35.5. The monoisotopic (exact) mass is 729 g/mol. The Kier molecular flexibility index (Phi) is 9.73. The predicted octanol–water partition coefficient (Wildman–Crippen LogP) is 3.30. The molecule has 3 aromatic rings. The van der Waals surface area contributed by atoms with Crippen LogP contribution >= 0.6 is 0 Å². The van der Waals surface area contributed by atoms with Gasteiger partial charge in [-0.2, -0.15) is 9.57 Å². The van der Waals surface area contributed by atoms with Crippen molar-refractivity contribution in [2.24, 2.45) is 0 Å². The SMILES string of the molecule is CCOc1ncccc1[C@]1(NC(=O)N2CC(N3CCC(N4CCCC4)CC3)C2)C(=O)N(S(=O)(=O)c2ccc(OC)cc2OC)c2ccc(C#N)cc21. The molecule has 0 spiro atoms. The molecule has 1 aromatic heterocycles. The fourth-order valence-electron chi connectivity index (χ4n) is 7.98. The molecule has 3 fully saturated rings. The minimum absolute atomic E-state index is 0.0316. The summed E-state index contributed by atoms with van der Waals surface area (Å²) in [4.78, 5) is 40.2. The van der Waals surface area contributed by atoms with Gasteiger partial charge < -0.3 is 29.3 Å². The normalized spacial score (nSPS) is 21.4. The Bertz CT molecular complexity index is 2000. The Balaban J connectivity index is 1.25. The zero-order valence-electron chi connectivity index (χ0n) is 29.6. The molecular formula is C37H43N7O7S. The van der Waals surface area contributed by atoms with Crippen molar-refractivity contribution >= 4 is 27.6 Å². The van der Waals surface area contributed by atoms with Crippen LogP contribution in [0.5, 0.6) is 17.4 Å². The highest BCUT2D eigenvalue weighted by atomic mass is 32.2. The lowest BCUT2D eigenvalue weighted by molar-refractivity contribution is -0.121. The maximum atomic E-state index is 15.2. The number of anilines is 1. The number of benzene rings is 2. The maximum absolute atomic E-state index is 15.2. The number of aromatic nitrogens is 1. The number of carbonyl (C=O) groups excluding carboxylic acids is 2. The third kappa shape index (κ3) is 5.98. The second-order valence-corrected chi connectivity index (χ2v) is 15.2. The second kappa shape index (κ2) is 14.3. The fraction of sp³-hybridized carbons (Fsp3) is 0.459. The topological polar surface area (TPSA) is 158 Å².